The standard InChI is InChI=1S/C11H22N4O/c1-3-9-7-15(11(16)13-9)8-10-6-12-4-5-14(10)2/h9-10,12H,3-8H2,1-2H3,(H,13,16). The summed E-state index contributed by atoms with van der Waals surface area (Å²) in [6, 6.07) is 0.898. The molecule has 0 aliphatic carbocycles. The van der Waals surface area contributed by atoms with Crippen molar-refractivity contribution in [2.24, 2.45) is 0 Å². The molecule has 0 aromatic carbocycles. The zero-order valence-electron chi connectivity index (χ0n) is 10.2. The molecule has 5 heteroatoms. The van der Waals surface area contributed by atoms with Crippen LogP contribution in [0.3, 0.4) is 0 Å². The van der Waals surface area contributed by atoms with Crippen molar-refractivity contribution in [1.82, 2.24) is 20.4 Å². The van der Waals surface area contributed by atoms with E-state index in [1.165, 1.54) is 0 Å². The van der Waals surface area contributed by atoms with E-state index >= 15 is 0 Å². The van der Waals surface area contributed by atoms with E-state index in [9.17, 15) is 4.79 Å². The highest BCUT2D eigenvalue weighted by Gasteiger charge is 2.30. The molecule has 0 saturated carbocycles. The average molecular weight is 226 g/mol. The van der Waals surface area contributed by atoms with Gasteiger partial charge < -0.3 is 15.5 Å². The van der Waals surface area contributed by atoms with Crippen molar-refractivity contribution < 1.29 is 4.79 Å². The number of urea groups is 1. The van der Waals surface area contributed by atoms with Crippen LogP contribution in [-0.4, -0.2) is 67.7 Å². The molecule has 2 aliphatic heterocycles. The predicted molar refractivity (Wildman–Crippen MR) is 63.5 cm³/mol. The summed E-state index contributed by atoms with van der Waals surface area (Å²) in [5.41, 5.74) is 0. The number of nitrogens with one attached hydrogen (secondary N) is 2. The molecule has 92 valence electrons. The van der Waals surface area contributed by atoms with Crippen LogP contribution in [0.5, 0.6) is 0 Å². The van der Waals surface area contributed by atoms with Crippen molar-refractivity contribution in [3.05, 3.63) is 0 Å². The molecule has 2 heterocycles. The zero-order valence-corrected chi connectivity index (χ0v) is 10.2. The van der Waals surface area contributed by atoms with Gasteiger partial charge in [0.2, 0.25) is 0 Å². The summed E-state index contributed by atoms with van der Waals surface area (Å²) in [6.07, 6.45) is 1.01. The van der Waals surface area contributed by atoms with Gasteiger partial charge in [0.15, 0.2) is 0 Å². The van der Waals surface area contributed by atoms with Gasteiger partial charge in [0.25, 0.3) is 0 Å². The summed E-state index contributed by atoms with van der Waals surface area (Å²) in [5, 5.41) is 6.39. The largest absolute Gasteiger partial charge is 0.333 e. The van der Waals surface area contributed by atoms with Crippen LogP contribution in [0.1, 0.15) is 13.3 Å². The van der Waals surface area contributed by atoms with E-state index in [1.54, 1.807) is 0 Å². The maximum Gasteiger partial charge on any atom is 0.317 e. The Bertz CT molecular complexity index is 258. The van der Waals surface area contributed by atoms with Gasteiger partial charge in [-0.2, -0.15) is 0 Å². The van der Waals surface area contributed by atoms with Gasteiger partial charge in [-0.3, -0.25) is 4.90 Å². The van der Waals surface area contributed by atoms with Crippen molar-refractivity contribution in [1.29, 1.82) is 0 Å². The maximum absolute atomic E-state index is 11.7. The van der Waals surface area contributed by atoms with E-state index < -0.39 is 0 Å². The van der Waals surface area contributed by atoms with Gasteiger partial charge in [-0.05, 0) is 13.5 Å². The van der Waals surface area contributed by atoms with Crippen molar-refractivity contribution in [3.8, 4) is 0 Å². The third-order valence-electron chi connectivity index (χ3n) is 3.62. The summed E-state index contributed by atoms with van der Waals surface area (Å²) in [5.74, 6) is 0. The van der Waals surface area contributed by atoms with E-state index in [0.717, 1.165) is 39.1 Å². The van der Waals surface area contributed by atoms with Gasteiger partial charge >= 0.3 is 6.03 Å². The highest BCUT2D eigenvalue weighted by Crippen LogP contribution is 2.10. The summed E-state index contributed by atoms with van der Waals surface area (Å²) in [7, 11) is 2.14. The number of amides is 2. The maximum atomic E-state index is 11.7. The topological polar surface area (TPSA) is 47.6 Å². The van der Waals surface area contributed by atoms with Gasteiger partial charge in [0, 0.05) is 44.8 Å². The Hall–Kier alpha value is -0.810. The molecule has 0 radical (unpaired) electrons. The number of hydrogen-bond acceptors (Lipinski definition) is 3. The Kier molecular flexibility index (Phi) is 3.66. The highest BCUT2D eigenvalue weighted by atomic mass is 16.2. The average Bonchev–Trinajstić information content (AvgIpc) is 2.63. The molecule has 2 fully saturated rings. The van der Waals surface area contributed by atoms with Crippen LogP contribution in [0, 0.1) is 0 Å². The molecule has 0 bridgehead atoms. The van der Waals surface area contributed by atoms with Crippen LogP contribution in [0.2, 0.25) is 0 Å². The molecular weight excluding hydrogens is 204 g/mol. The number of likely N-dealkylation sites (N-methyl/N-ethyl adjacent to an activating group) is 1. The van der Waals surface area contributed by atoms with E-state index in [4.69, 9.17) is 0 Å². The molecule has 2 amide bonds. The number of piperazine rings is 1. The number of nitrogens with zero attached hydrogens (tertiary/aromatic N) is 2. The first-order valence-electron chi connectivity index (χ1n) is 6.17. The van der Waals surface area contributed by atoms with Crippen LogP contribution in [0.25, 0.3) is 0 Å². The highest BCUT2D eigenvalue weighted by molar-refractivity contribution is 5.76. The molecule has 5 nitrogen and oxygen atoms in total. The number of carbonyl (C=O) groups is 1. The summed E-state index contributed by atoms with van der Waals surface area (Å²) < 4.78 is 0. The minimum absolute atomic E-state index is 0.103. The lowest BCUT2D eigenvalue weighted by atomic mass is 10.2. The van der Waals surface area contributed by atoms with Crippen LogP contribution in [0.15, 0.2) is 0 Å². The first-order chi connectivity index (χ1) is 7.70. The second kappa shape index (κ2) is 5.01. The molecule has 2 rings (SSSR count). The lowest BCUT2D eigenvalue weighted by Crippen LogP contribution is -2.54. The molecule has 0 aromatic rings. The Labute approximate surface area is 97.2 Å². The molecule has 0 aromatic heterocycles. The summed E-state index contributed by atoms with van der Waals surface area (Å²) >= 11 is 0. The lowest BCUT2D eigenvalue weighted by Gasteiger charge is -2.35. The fourth-order valence-corrected chi connectivity index (χ4v) is 2.37. The van der Waals surface area contributed by atoms with Gasteiger partial charge in [-0.25, -0.2) is 4.79 Å². The van der Waals surface area contributed by atoms with E-state index in [0.29, 0.717) is 12.1 Å². The van der Waals surface area contributed by atoms with Crippen molar-refractivity contribution >= 4 is 6.03 Å². The van der Waals surface area contributed by atoms with E-state index in [1.807, 2.05) is 4.90 Å². The Balaban J connectivity index is 1.86. The number of carbonyl (C=O) groups excluding carboxylic acids is 1. The molecule has 2 aliphatic rings. The van der Waals surface area contributed by atoms with Gasteiger partial charge in [-0.15, -0.1) is 0 Å². The second-order valence-electron chi connectivity index (χ2n) is 4.80. The minimum atomic E-state index is 0.103. The lowest BCUT2D eigenvalue weighted by molar-refractivity contribution is 0.154. The van der Waals surface area contributed by atoms with Crippen molar-refractivity contribution in [3.63, 3.8) is 0 Å². The fraction of sp³-hybridized carbons (Fsp3) is 0.909. The first kappa shape index (κ1) is 11.7. The van der Waals surface area contributed by atoms with Gasteiger partial charge in [-0.1, -0.05) is 6.92 Å². The third-order valence-corrected chi connectivity index (χ3v) is 3.62. The van der Waals surface area contributed by atoms with Crippen LogP contribution in [0.4, 0.5) is 4.79 Å². The Morgan fingerprint density at radius 1 is 1.50 bits per heavy atom. The number of rotatable bonds is 3. The molecule has 16 heavy (non-hydrogen) atoms. The fourth-order valence-electron chi connectivity index (χ4n) is 2.37. The quantitative estimate of drug-likeness (QED) is 0.694. The SMILES string of the molecule is CCC1CN(CC2CNCCN2C)C(=O)N1. The summed E-state index contributed by atoms with van der Waals surface area (Å²) in [4.78, 5) is 16.0. The molecule has 2 atom stereocenters. The molecular formula is C11H22N4O. The number of hydrogen-bond donors (Lipinski definition) is 2. The molecule has 0 spiro atoms. The first-order valence-corrected chi connectivity index (χ1v) is 6.17. The predicted octanol–water partition coefficient (Wildman–Crippen LogP) is -0.306. The second-order valence-corrected chi connectivity index (χ2v) is 4.80. The molecule has 2 unspecified atom stereocenters. The van der Waals surface area contributed by atoms with E-state index in [2.05, 4.69) is 29.5 Å². The monoisotopic (exact) mass is 226 g/mol. The minimum Gasteiger partial charge on any atom is -0.333 e. The van der Waals surface area contributed by atoms with Gasteiger partial charge in [0.05, 0.1) is 0 Å². The third kappa shape index (κ3) is 2.47. The van der Waals surface area contributed by atoms with Crippen LogP contribution < -0.4 is 10.6 Å². The Morgan fingerprint density at radius 2 is 2.31 bits per heavy atom. The van der Waals surface area contributed by atoms with Gasteiger partial charge in [0.1, 0.15) is 0 Å². The normalized spacial score (nSPS) is 31.9. The van der Waals surface area contributed by atoms with Crippen LogP contribution >= 0.6 is 0 Å². The molecule has 2 N–H and O–H groups in total. The van der Waals surface area contributed by atoms with E-state index in [-0.39, 0.29) is 6.03 Å². The summed E-state index contributed by atoms with van der Waals surface area (Å²) in [6.45, 7) is 6.92. The smallest absolute Gasteiger partial charge is 0.317 e. The van der Waals surface area contributed by atoms with Crippen LogP contribution in [-0.2, 0) is 0 Å². The van der Waals surface area contributed by atoms with Crippen molar-refractivity contribution in [2.75, 3.05) is 39.8 Å². The zero-order chi connectivity index (χ0) is 11.5. The molecule has 2 saturated heterocycles. The van der Waals surface area contributed by atoms with Crippen molar-refractivity contribution in [2.45, 2.75) is 25.4 Å². The Morgan fingerprint density at radius 3 is 2.94 bits per heavy atom.